The molecule has 10 heavy (non-hydrogen) atoms. The van der Waals surface area contributed by atoms with Crippen molar-refractivity contribution >= 4 is 8.03 Å². The highest BCUT2D eigenvalue weighted by atomic mass is 31.1. The minimum Gasteiger partial charge on any atom is -0.445 e. The summed E-state index contributed by atoms with van der Waals surface area (Å²) in [4.78, 5) is 0. The molecule has 1 aromatic carbocycles. The third-order valence-corrected chi connectivity index (χ3v) is 1.53. The molecular formula is C7H9O2P. The summed E-state index contributed by atoms with van der Waals surface area (Å²) in [6.07, 6.45) is 0. The Kier molecular flexibility index (Phi) is 2.52. The van der Waals surface area contributed by atoms with Crippen molar-refractivity contribution in [3.05, 3.63) is 30.3 Å². The normalized spacial score (nSPS) is 12.5. The monoisotopic (exact) mass is 156 g/mol. The van der Waals surface area contributed by atoms with E-state index < -0.39 is 8.03 Å². The topological polar surface area (TPSA) is 26.3 Å². The Hall–Kier alpha value is -0.750. The molecule has 0 aliphatic carbocycles. The minimum absolute atomic E-state index is 0.675. The molecule has 1 unspecified atom stereocenters. The first-order chi connectivity index (χ1) is 4.79. The van der Waals surface area contributed by atoms with E-state index in [4.69, 9.17) is 4.52 Å². The lowest BCUT2D eigenvalue weighted by Crippen LogP contribution is -1.76. The maximum atomic E-state index is 10.6. The molecule has 0 amide bonds. The molecule has 1 rings (SSSR count). The summed E-state index contributed by atoms with van der Waals surface area (Å²) in [7, 11) is -1.84. The van der Waals surface area contributed by atoms with Crippen molar-refractivity contribution in [2.45, 2.75) is 0 Å². The highest BCUT2D eigenvalue weighted by molar-refractivity contribution is 7.38. The fourth-order valence-corrected chi connectivity index (χ4v) is 1.12. The lowest BCUT2D eigenvalue weighted by molar-refractivity contribution is 0.511. The molecular weight excluding hydrogens is 147 g/mol. The van der Waals surface area contributed by atoms with Crippen LogP contribution in [0.5, 0.6) is 5.75 Å². The second-order valence-corrected chi connectivity index (χ2v) is 3.09. The second kappa shape index (κ2) is 3.43. The van der Waals surface area contributed by atoms with Gasteiger partial charge in [-0.25, -0.2) is 0 Å². The van der Waals surface area contributed by atoms with Gasteiger partial charge in [0.1, 0.15) is 5.75 Å². The van der Waals surface area contributed by atoms with Gasteiger partial charge in [0.15, 0.2) is 0 Å². The van der Waals surface area contributed by atoms with Crippen LogP contribution in [0.4, 0.5) is 0 Å². The van der Waals surface area contributed by atoms with Gasteiger partial charge < -0.3 is 4.52 Å². The van der Waals surface area contributed by atoms with Gasteiger partial charge in [0.05, 0.1) is 0 Å². The number of hydrogen-bond donors (Lipinski definition) is 0. The standard InChI is InChI=1S/C7H9O2P/c1-10(8)9-7-5-3-2-4-6-7/h2-6,10H,1H3. The summed E-state index contributed by atoms with van der Waals surface area (Å²) >= 11 is 0. The predicted octanol–water partition coefficient (Wildman–Crippen LogP) is 2.17. The fourth-order valence-electron chi connectivity index (χ4n) is 0.655. The fraction of sp³-hybridized carbons (Fsp3) is 0.143. The van der Waals surface area contributed by atoms with Crippen molar-refractivity contribution in [1.29, 1.82) is 0 Å². The van der Waals surface area contributed by atoms with Gasteiger partial charge in [0.25, 0.3) is 0 Å². The van der Waals surface area contributed by atoms with E-state index in [9.17, 15) is 4.57 Å². The van der Waals surface area contributed by atoms with Crippen molar-refractivity contribution in [3.8, 4) is 5.75 Å². The molecule has 0 aromatic heterocycles. The zero-order valence-electron chi connectivity index (χ0n) is 5.70. The second-order valence-electron chi connectivity index (χ2n) is 1.91. The quantitative estimate of drug-likeness (QED) is 0.613. The third-order valence-electron chi connectivity index (χ3n) is 1.00. The molecule has 0 bridgehead atoms. The van der Waals surface area contributed by atoms with E-state index in [0.29, 0.717) is 5.75 Å². The summed E-state index contributed by atoms with van der Waals surface area (Å²) < 4.78 is 15.5. The van der Waals surface area contributed by atoms with Gasteiger partial charge >= 0.3 is 0 Å². The van der Waals surface area contributed by atoms with Crippen molar-refractivity contribution in [2.75, 3.05) is 6.66 Å². The first-order valence-electron chi connectivity index (χ1n) is 3.02. The maximum Gasteiger partial charge on any atom is 0.233 e. The van der Waals surface area contributed by atoms with Crippen molar-refractivity contribution in [2.24, 2.45) is 0 Å². The van der Waals surface area contributed by atoms with Gasteiger partial charge in [-0.3, -0.25) is 4.57 Å². The van der Waals surface area contributed by atoms with E-state index in [2.05, 4.69) is 0 Å². The Morgan fingerprint density at radius 1 is 1.30 bits per heavy atom. The molecule has 0 heterocycles. The molecule has 3 heteroatoms. The zero-order chi connectivity index (χ0) is 7.40. The average Bonchev–Trinajstić information content (AvgIpc) is 1.88. The molecule has 0 N–H and O–H groups in total. The van der Waals surface area contributed by atoms with Gasteiger partial charge in [0.2, 0.25) is 8.03 Å². The molecule has 2 nitrogen and oxygen atoms in total. The van der Waals surface area contributed by atoms with Gasteiger partial charge in [-0.05, 0) is 12.1 Å². The number of benzene rings is 1. The van der Waals surface area contributed by atoms with Crippen LogP contribution in [-0.2, 0) is 4.57 Å². The molecule has 1 atom stereocenters. The van der Waals surface area contributed by atoms with Gasteiger partial charge in [-0.2, -0.15) is 0 Å². The van der Waals surface area contributed by atoms with Crippen LogP contribution >= 0.6 is 8.03 Å². The van der Waals surface area contributed by atoms with Gasteiger partial charge in [-0.15, -0.1) is 0 Å². The highest BCUT2D eigenvalue weighted by Gasteiger charge is 1.90. The maximum absolute atomic E-state index is 10.6. The van der Waals surface area contributed by atoms with Crippen molar-refractivity contribution in [3.63, 3.8) is 0 Å². The molecule has 1 aromatic rings. The van der Waals surface area contributed by atoms with Gasteiger partial charge in [0, 0.05) is 6.66 Å². The van der Waals surface area contributed by atoms with Gasteiger partial charge in [-0.1, -0.05) is 18.2 Å². The van der Waals surface area contributed by atoms with E-state index >= 15 is 0 Å². The largest absolute Gasteiger partial charge is 0.445 e. The summed E-state index contributed by atoms with van der Waals surface area (Å²) in [5.74, 6) is 0.675. The molecule has 0 saturated carbocycles. The van der Waals surface area contributed by atoms with E-state index in [0.717, 1.165) is 0 Å². The Labute approximate surface area is 60.7 Å². The Balaban J connectivity index is 2.67. The number of para-hydroxylation sites is 1. The van der Waals surface area contributed by atoms with Crippen LogP contribution < -0.4 is 4.52 Å². The number of hydrogen-bond acceptors (Lipinski definition) is 2. The SMILES string of the molecule is C[PH](=O)Oc1ccccc1. The molecule has 54 valence electrons. The lowest BCUT2D eigenvalue weighted by Gasteiger charge is -1.99. The lowest BCUT2D eigenvalue weighted by atomic mass is 10.3. The van der Waals surface area contributed by atoms with E-state index in [-0.39, 0.29) is 0 Å². The third kappa shape index (κ3) is 2.24. The molecule has 0 spiro atoms. The van der Waals surface area contributed by atoms with Crippen LogP contribution in [0.25, 0.3) is 0 Å². The minimum atomic E-state index is -1.84. The van der Waals surface area contributed by atoms with Crippen LogP contribution in [-0.4, -0.2) is 6.66 Å². The van der Waals surface area contributed by atoms with E-state index in [1.165, 1.54) is 0 Å². The summed E-state index contributed by atoms with van der Waals surface area (Å²) in [6, 6.07) is 9.15. The van der Waals surface area contributed by atoms with E-state index in [1.54, 1.807) is 18.8 Å². The molecule has 0 fully saturated rings. The van der Waals surface area contributed by atoms with Crippen LogP contribution in [0.2, 0.25) is 0 Å². The smallest absolute Gasteiger partial charge is 0.233 e. The average molecular weight is 156 g/mol. The Morgan fingerprint density at radius 3 is 2.40 bits per heavy atom. The van der Waals surface area contributed by atoms with Crippen LogP contribution in [0.1, 0.15) is 0 Å². The zero-order valence-corrected chi connectivity index (χ0v) is 6.70. The van der Waals surface area contributed by atoms with Crippen molar-refractivity contribution in [1.82, 2.24) is 0 Å². The molecule has 0 aliphatic rings. The predicted molar refractivity (Wildman–Crippen MR) is 42.0 cm³/mol. The van der Waals surface area contributed by atoms with Crippen molar-refractivity contribution < 1.29 is 9.09 Å². The molecule has 0 radical (unpaired) electrons. The Morgan fingerprint density at radius 2 is 1.90 bits per heavy atom. The van der Waals surface area contributed by atoms with E-state index in [1.807, 2.05) is 18.2 Å². The van der Waals surface area contributed by atoms with Crippen LogP contribution in [0.3, 0.4) is 0 Å². The summed E-state index contributed by atoms with van der Waals surface area (Å²) in [6.45, 7) is 1.57. The first-order valence-corrected chi connectivity index (χ1v) is 4.84. The van der Waals surface area contributed by atoms with Crippen LogP contribution in [0, 0.1) is 0 Å². The molecule has 0 aliphatic heterocycles. The van der Waals surface area contributed by atoms with Crippen LogP contribution in [0.15, 0.2) is 30.3 Å². The number of rotatable bonds is 2. The highest BCUT2D eigenvalue weighted by Crippen LogP contribution is 2.21. The molecule has 0 saturated heterocycles. The Bertz CT molecular complexity index is 220. The summed E-state index contributed by atoms with van der Waals surface area (Å²) in [5.41, 5.74) is 0. The summed E-state index contributed by atoms with van der Waals surface area (Å²) in [5, 5.41) is 0. The first kappa shape index (κ1) is 7.36.